The van der Waals surface area contributed by atoms with Crippen molar-refractivity contribution >= 4 is 17.7 Å². The summed E-state index contributed by atoms with van der Waals surface area (Å²) >= 11 is 1.52. The maximum Gasteiger partial charge on any atom is 0.233 e. The van der Waals surface area contributed by atoms with Gasteiger partial charge in [-0.15, -0.1) is 10.2 Å². The fraction of sp³-hybridized carbons (Fsp3) is 0.550. The van der Waals surface area contributed by atoms with Crippen molar-refractivity contribution in [3.63, 3.8) is 0 Å². The monoisotopic (exact) mass is 402 g/mol. The minimum atomic E-state index is -0.126. The largest absolute Gasteiger partial charge is 0.497 e. The van der Waals surface area contributed by atoms with Crippen LogP contribution in [0.2, 0.25) is 0 Å². The lowest BCUT2D eigenvalue weighted by molar-refractivity contribution is -0.120. The van der Waals surface area contributed by atoms with Gasteiger partial charge in [0.15, 0.2) is 11.0 Å². The first-order valence-corrected chi connectivity index (χ1v) is 10.8. The molecule has 1 aromatic carbocycles. The SMILES string of the molecule is COc1ccc(-c2nnc(S[C@H]3CCCCNC3=O)n2C[C@@H]2CCCO2)cc1. The molecule has 7 nitrogen and oxygen atoms in total. The highest BCUT2D eigenvalue weighted by Gasteiger charge is 2.27. The summed E-state index contributed by atoms with van der Waals surface area (Å²) in [5, 5.41) is 12.6. The zero-order valence-electron chi connectivity index (χ0n) is 16.1. The smallest absolute Gasteiger partial charge is 0.233 e. The van der Waals surface area contributed by atoms with Crippen LogP contribution < -0.4 is 10.1 Å². The molecular formula is C20H26N4O3S. The van der Waals surface area contributed by atoms with Crippen molar-refractivity contribution in [1.29, 1.82) is 0 Å². The number of carbonyl (C=O) groups excluding carboxylic acids is 1. The topological polar surface area (TPSA) is 78.3 Å². The predicted octanol–water partition coefficient (Wildman–Crippen LogP) is 2.89. The number of hydrogen-bond acceptors (Lipinski definition) is 6. The summed E-state index contributed by atoms with van der Waals surface area (Å²) in [7, 11) is 1.65. The summed E-state index contributed by atoms with van der Waals surface area (Å²) in [6, 6.07) is 7.82. The van der Waals surface area contributed by atoms with Crippen LogP contribution in [0.15, 0.2) is 29.4 Å². The molecule has 0 radical (unpaired) electrons. The van der Waals surface area contributed by atoms with Crippen molar-refractivity contribution in [2.75, 3.05) is 20.3 Å². The summed E-state index contributed by atoms with van der Waals surface area (Å²) in [4.78, 5) is 12.4. The number of nitrogens with one attached hydrogen (secondary N) is 1. The zero-order valence-corrected chi connectivity index (χ0v) is 16.9. The third-order valence-corrected chi connectivity index (χ3v) is 6.45. The highest BCUT2D eigenvalue weighted by atomic mass is 32.2. The van der Waals surface area contributed by atoms with E-state index in [1.54, 1.807) is 7.11 Å². The number of rotatable bonds is 6. The molecule has 4 rings (SSSR count). The maximum atomic E-state index is 12.4. The van der Waals surface area contributed by atoms with Gasteiger partial charge in [-0.05, 0) is 49.9 Å². The molecule has 0 spiro atoms. The van der Waals surface area contributed by atoms with Crippen molar-refractivity contribution in [2.45, 2.75) is 55.2 Å². The van der Waals surface area contributed by atoms with Gasteiger partial charge in [0.05, 0.1) is 25.0 Å². The average Bonchev–Trinajstić information content (AvgIpc) is 3.32. The van der Waals surface area contributed by atoms with Crippen molar-refractivity contribution in [3.8, 4) is 17.1 Å². The second-order valence-corrected chi connectivity index (χ2v) is 8.34. The van der Waals surface area contributed by atoms with Gasteiger partial charge in [0.2, 0.25) is 5.91 Å². The zero-order chi connectivity index (χ0) is 19.3. The molecular weight excluding hydrogens is 376 g/mol. The minimum absolute atomic E-state index is 0.0974. The molecule has 0 saturated carbocycles. The molecule has 1 aromatic heterocycles. The first kappa shape index (κ1) is 19.3. The van der Waals surface area contributed by atoms with Crippen LogP contribution in [-0.2, 0) is 16.1 Å². The lowest BCUT2D eigenvalue weighted by Gasteiger charge is -2.17. The van der Waals surface area contributed by atoms with Gasteiger partial charge >= 0.3 is 0 Å². The number of methoxy groups -OCH3 is 1. The average molecular weight is 403 g/mol. The van der Waals surface area contributed by atoms with Crippen LogP contribution in [0.3, 0.4) is 0 Å². The molecule has 150 valence electrons. The van der Waals surface area contributed by atoms with E-state index < -0.39 is 0 Å². The quantitative estimate of drug-likeness (QED) is 0.801. The van der Waals surface area contributed by atoms with E-state index in [2.05, 4.69) is 20.1 Å². The van der Waals surface area contributed by atoms with Crippen molar-refractivity contribution in [3.05, 3.63) is 24.3 Å². The van der Waals surface area contributed by atoms with Gasteiger partial charge in [-0.25, -0.2) is 0 Å². The Bertz CT molecular complexity index is 802. The third kappa shape index (κ3) is 4.33. The van der Waals surface area contributed by atoms with E-state index in [9.17, 15) is 4.79 Å². The number of carbonyl (C=O) groups is 1. The normalized spacial score (nSPS) is 22.7. The molecule has 2 atom stereocenters. The number of nitrogens with zero attached hydrogens (tertiary/aromatic N) is 3. The molecule has 28 heavy (non-hydrogen) atoms. The molecule has 1 amide bonds. The van der Waals surface area contributed by atoms with Crippen LogP contribution in [0.25, 0.3) is 11.4 Å². The Kier molecular flexibility index (Phi) is 6.17. The highest BCUT2D eigenvalue weighted by molar-refractivity contribution is 8.00. The Labute approximate surface area is 169 Å². The lowest BCUT2D eigenvalue weighted by atomic mass is 10.2. The summed E-state index contributed by atoms with van der Waals surface area (Å²) in [6.45, 7) is 2.26. The van der Waals surface area contributed by atoms with E-state index >= 15 is 0 Å². The number of aromatic nitrogens is 3. The van der Waals surface area contributed by atoms with Gasteiger partial charge < -0.3 is 14.8 Å². The van der Waals surface area contributed by atoms with E-state index in [0.717, 1.165) is 67.5 Å². The van der Waals surface area contributed by atoms with Crippen LogP contribution in [0.4, 0.5) is 0 Å². The first-order chi connectivity index (χ1) is 13.7. The van der Waals surface area contributed by atoms with Gasteiger partial charge in [0.25, 0.3) is 0 Å². The van der Waals surface area contributed by atoms with E-state index in [4.69, 9.17) is 9.47 Å². The molecule has 8 heteroatoms. The Morgan fingerprint density at radius 3 is 2.82 bits per heavy atom. The molecule has 2 aromatic rings. The Morgan fingerprint density at radius 2 is 2.07 bits per heavy atom. The summed E-state index contributed by atoms with van der Waals surface area (Å²) in [6.07, 6.45) is 5.22. The Morgan fingerprint density at radius 1 is 1.21 bits per heavy atom. The van der Waals surface area contributed by atoms with Crippen molar-refractivity contribution in [1.82, 2.24) is 20.1 Å². The molecule has 2 aliphatic rings. The van der Waals surface area contributed by atoms with E-state index in [0.29, 0.717) is 6.54 Å². The third-order valence-electron chi connectivity index (χ3n) is 5.21. The second-order valence-electron chi connectivity index (χ2n) is 7.17. The molecule has 0 aliphatic carbocycles. The Hall–Kier alpha value is -2.06. The molecule has 0 unspecified atom stereocenters. The van der Waals surface area contributed by atoms with E-state index in [-0.39, 0.29) is 17.3 Å². The Balaban J connectivity index is 1.62. The molecule has 1 N–H and O–H groups in total. The van der Waals surface area contributed by atoms with Gasteiger partial charge in [0, 0.05) is 18.7 Å². The van der Waals surface area contributed by atoms with Crippen LogP contribution in [0, 0.1) is 0 Å². The molecule has 0 bridgehead atoms. The second kappa shape index (κ2) is 8.96. The van der Waals surface area contributed by atoms with Crippen LogP contribution in [0.5, 0.6) is 5.75 Å². The van der Waals surface area contributed by atoms with E-state index in [1.165, 1.54) is 11.8 Å². The van der Waals surface area contributed by atoms with Crippen LogP contribution in [0.1, 0.15) is 32.1 Å². The standard InChI is InChI=1S/C20H26N4O3S/c1-26-15-9-7-14(8-10-15)18-22-23-20(24(18)13-16-5-4-12-27-16)28-17-6-2-3-11-21-19(17)25/h7-10,16-17H,2-6,11-13H2,1H3,(H,21,25)/t16-,17-/m0/s1. The summed E-state index contributed by atoms with van der Waals surface area (Å²) < 4.78 is 13.2. The predicted molar refractivity (Wildman–Crippen MR) is 107 cm³/mol. The van der Waals surface area contributed by atoms with Gasteiger partial charge in [-0.2, -0.15) is 0 Å². The summed E-state index contributed by atoms with van der Waals surface area (Å²) in [5.74, 6) is 1.70. The minimum Gasteiger partial charge on any atom is -0.497 e. The number of amides is 1. The first-order valence-electron chi connectivity index (χ1n) is 9.88. The highest BCUT2D eigenvalue weighted by Crippen LogP contribution is 2.31. The molecule has 2 aliphatic heterocycles. The number of hydrogen-bond donors (Lipinski definition) is 1. The number of ether oxygens (including phenoxy) is 2. The number of benzene rings is 1. The van der Waals surface area contributed by atoms with Crippen LogP contribution in [-0.4, -0.2) is 52.3 Å². The summed E-state index contributed by atoms with van der Waals surface area (Å²) in [5.41, 5.74) is 0.975. The fourth-order valence-electron chi connectivity index (χ4n) is 3.64. The maximum absolute atomic E-state index is 12.4. The lowest BCUT2D eigenvalue weighted by Crippen LogP contribution is -2.31. The molecule has 3 heterocycles. The van der Waals surface area contributed by atoms with E-state index in [1.807, 2.05) is 24.3 Å². The van der Waals surface area contributed by atoms with Crippen molar-refractivity contribution < 1.29 is 14.3 Å². The fourth-order valence-corrected chi connectivity index (χ4v) is 4.74. The van der Waals surface area contributed by atoms with Gasteiger partial charge in [0.1, 0.15) is 5.75 Å². The van der Waals surface area contributed by atoms with Gasteiger partial charge in [-0.3, -0.25) is 9.36 Å². The van der Waals surface area contributed by atoms with Crippen LogP contribution >= 0.6 is 11.8 Å². The van der Waals surface area contributed by atoms with Crippen molar-refractivity contribution in [2.24, 2.45) is 0 Å². The van der Waals surface area contributed by atoms with Gasteiger partial charge in [-0.1, -0.05) is 18.2 Å². The molecule has 2 fully saturated rings. The molecule has 2 saturated heterocycles. The number of thioether (sulfide) groups is 1.